The first-order valence-corrected chi connectivity index (χ1v) is 8.98. The molecule has 0 aromatic heterocycles. The van der Waals surface area contributed by atoms with E-state index in [1.54, 1.807) is 0 Å². The lowest BCUT2D eigenvalue weighted by atomic mass is 9.70. The predicted octanol–water partition coefficient (Wildman–Crippen LogP) is 5.31. The fourth-order valence-electron chi connectivity index (χ4n) is 3.54. The Morgan fingerprint density at radius 3 is 1.50 bits per heavy atom. The molecule has 18 heavy (non-hydrogen) atoms. The van der Waals surface area contributed by atoms with Gasteiger partial charge >= 0.3 is 0 Å². The second-order valence-electron chi connectivity index (χ2n) is 4.87. The fraction of sp³-hybridized carbons (Fsp3) is 1.00. The molecule has 2 fully saturated rings. The summed E-state index contributed by atoms with van der Waals surface area (Å²) in [6.45, 7) is 0. The van der Waals surface area contributed by atoms with Crippen molar-refractivity contribution in [1.29, 1.82) is 0 Å². The van der Waals surface area contributed by atoms with Crippen LogP contribution in [0, 0.1) is 16.7 Å². The maximum atomic E-state index is 6.45. The molecule has 0 nitrogen and oxygen atoms in total. The Morgan fingerprint density at radius 2 is 1.28 bits per heavy atom. The van der Waals surface area contributed by atoms with Gasteiger partial charge in [-0.3, -0.25) is 0 Å². The van der Waals surface area contributed by atoms with E-state index in [2.05, 4.69) is 0 Å². The molecule has 0 heterocycles. The smallest absolute Gasteiger partial charge is 0.115 e. The normalized spacial score (nSPS) is 55.5. The van der Waals surface area contributed by atoms with Crippen LogP contribution in [0.3, 0.4) is 0 Å². The van der Waals surface area contributed by atoms with Crippen LogP contribution >= 0.6 is 92.8 Å². The van der Waals surface area contributed by atoms with Crippen molar-refractivity contribution < 1.29 is 0 Å². The van der Waals surface area contributed by atoms with Crippen LogP contribution in [0.2, 0.25) is 0 Å². The van der Waals surface area contributed by atoms with Crippen molar-refractivity contribution in [2.45, 2.75) is 26.3 Å². The minimum atomic E-state index is -0.784. The highest BCUT2D eigenvalue weighted by atomic mass is 35.5. The Morgan fingerprint density at radius 1 is 0.833 bits per heavy atom. The quantitative estimate of drug-likeness (QED) is 0.550. The summed E-state index contributed by atoms with van der Waals surface area (Å²) < 4.78 is 0. The summed E-state index contributed by atoms with van der Waals surface area (Å²) in [5.41, 5.74) is -1.53. The highest BCUT2D eigenvalue weighted by molar-refractivity contribution is 6.46. The lowest BCUT2D eigenvalue weighted by Crippen LogP contribution is -2.52. The molecule has 0 N–H and O–H groups in total. The summed E-state index contributed by atoms with van der Waals surface area (Å²) in [7, 11) is 0. The second kappa shape index (κ2) is 5.51. The lowest BCUT2D eigenvalue weighted by molar-refractivity contribution is 0.158. The Labute approximate surface area is 146 Å². The molecule has 0 unspecified atom stereocenters. The topological polar surface area (TPSA) is 0 Å². The first-order valence-electron chi connectivity index (χ1n) is 5.29. The number of hydrogen-bond donors (Lipinski definition) is 0. The maximum absolute atomic E-state index is 6.45. The van der Waals surface area contributed by atoms with E-state index in [0.717, 1.165) is 0 Å². The lowest BCUT2D eigenvalue weighted by Gasteiger charge is -2.45. The summed E-state index contributed by atoms with van der Waals surface area (Å²) in [6.07, 6.45) is 0. The zero-order chi connectivity index (χ0) is 13.9. The van der Waals surface area contributed by atoms with Gasteiger partial charge in [0, 0.05) is 28.5 Å². The van der Waals surface area contributed by atoms with Crippen molar-refractivity contribution in [3.63, 3.8) is 0 Å². The molecule has 106 valence electrons. The van der Waals surface area contributed by atoms with Crippen molar-refractivity contribution in [2.75, 3.05) is 11.8 Å². The van der Waals surface area contributed by atoms with Crippen LogP contribution in [0.4, 0.5) is 0 Å². The molecule has 2 saturated carbocycles. The zero-order valence-electron chi connectivity index (χ0n) is 8.90. The molecule has 0 saturated heterocycles. The van der Waals surface area contributed by atoms with Gasteiger partial charge in [-0.1, -0.05) is 0 Å². The number of alkyl halides is 8. The van der Waals surface area contributed by atoms with E-state index < -0.39 is 37.2 Å². The second-order valence-corrected chi connectivity index (χ2v) is 8.45. The van der Waals surface area contributed by atoms with Crippen LogP contribution in [0.25, 0.3) is 0 Å². The van der Waals surface area contributed by atoms with Gasteiger partial charge in [0.25, 0.3) is 0 Å². The van der Waals surface area contributed by atoms with Gasteiger partial charge in [0.05, 0.1) is 21.5 Å². The average Bonchev–Trinajstić information content (AvgIpc) is 2.66. The minimum absolute atomic E-state index is 0.168. The molecule has 0 radical (unpaired) electrons. The Balaban J connectivity index is 2.66. The standard InChI is InChI=1S/C10H10Cl8/c11-1-9(8(17)18)3-4(13)6(15)10(9,2-12)7(16)5(3)14/h3-8H,1-2H2/t3?,4-,5-,6+,7+,9+,10?/m0/s1. The van der Waals surface area contributed by atoms with Gasteiger partial charge in [-0.05, 0) is 0 Å². The van der Waals surface area contributed by atoms with E-state index in [1.807, 2.05) is 0 Å². The van der Waals surface area contributed by atoms with Crippen molar-refractivity contribution in [1.82, 2.24) is 0 Å². The van der Waals surface area contributed by atoms with Crippen LogP contribution < -0.4 is 0 Å². The number of rotatable bonds is 3. The van der Waals surface area contributed by atoms with Crippen LogP contribution in [0.15, 0.2) is 0 Å². The molecule has 0 amide bonds. The summed E-state index contributed by atoms with van der Waals surface area (Å²) in [5, 5.41) is -1.72. The van der Waals surface area contributed by atoms with E-state index in [4.69, 9.17) is 92.8 Å². The molecule has 0 aromatic rings. The summed E-state index contributed by atoms with van der Waals surface area (Å²) in [6, 6.07) is 0. The van der Waals surface area contributed by atoms with E-state index in [-0.39, 0.29) is 17.7 Å². The Kier molecular flexibility index (Phi) is 5.10. The molecular weight excluding hydrogens is 404 g/mol. The molecule has 2 aliphatic rings. The number of halogens is 8. The minimum Gasteiger partial charge on any atom is -0.126 e. The average molecular weight is 414 g/mol. The zero-order valence-corrected chi connectivity index (χ0v) is 14.9. The first kappa shape index (κ1) is 16.7. The van der Waals surface area contributed by atoms with Gasteiger partial charge < -0.3 is 0 Å². The predicted molar refractivity (Wildman–Crippen MR) is 83.9 cm³/mol. The first-order chi connectivity index (χ1) is 8.32. The van der Waals surface area contributed by atoms with Crippen LogP contribution in [-0.4, -0.2) is 38.1 Å². The van der Waals surface area contributed by atoms with Gasteiger partial charge in [0.1, 0.15) is 4.84 Å². The van der Waals surface area contributed by atoms with Gasteiger partial charge in [0.15, 0.2) is 0 Å². The van der Waals surface area contributed by atoms with E-state index in [9.17, 15) is 0 Å². The molecule has 8 heteroatoms. The van der Waals surface area contributed by atoms with Crippen LogP contribution in [0.1, 0.15) is 0 Å². The fourth-order valence-corrected chi connectivity index (χ4v) is 8.37. The van der Waals surface area contributed by atoms with Crippen molar-refractivity contribution in [3.8, 4) is 0 Å². The third kappa shape index (κ3) is 1.67. The summed E-state index contributed by atoms with van der Waals surface area (Å²) >= 11 is 50.4. The van der Waals surface area contributed by atoms with Crippen LogP contribution in [-0.2, 0) is 0 Å². The summed E-state index contributed by atoms with van der Waals surface area (Å²) in [4.78, 5) is -0.784. The molecule has 2 aliphatic carbocycles. The SMILES string of the molecule is ClCC12[C@H](Cl)[C@@H](Cl)C([C@H](Cl)[C@H]1Cl)[C@]2(CCl)C(Cl)Cl. The highest BCUT2D eigenvalue weighted by Gasteiger charge is 2.79. The molecule has 5 atom stereocenters. The monoisotopic (exact) mass is 410 g/mol. The Hall–Kier alpha value is 2.32. The van der Waals surface area contributed by atoms with E-state index in [1.165, 1.54) is 0 Å². The summed E-state index contributed by atoms with van der Waals surface area (Å²) in [5.74, 6) is 0.0732. The maximum Gasteiger partial charge on any atom is 0.115 e. The highest BCUT2D eigenvalue weighted by Crippen LogP contribution is 2.74. The number of hydrogen-bond acceptors (Lipinski definition) is 0. The molecular formula is C10H10Cl8. The molecule has 0 aliphatic heterocycles. The third-order valence-corrected chi connectivity index (χ3v) is 8.81. The van der Waals surface area contributed by atoms with Gasteiger partial charge in [-0.2, -0.15) is 0 Å². The van der Waals surface area contributed by atoms with Crippen LogP contribution in [0.5, 0.6) is 0 Å². The Bertz CT molecular complexity index is 314. The largest absolute Gasteiger partial charge is 0.126 e. The van der Waals surface area contributed by atoms with E-state index >= 15 is 0 Å². The molecule has 2 rings (SSSR count). The van der Waals surface area contributed by atoms with Gasteiger partial charge in [0.2, 0.25) is 0 Å². The van der Waals surface area contributed by atoms with Crippen molar-refractivity contribution in [2.24, 2.45) is 16.7 Å². The molecule has 0 aromatic carbocycles. The molecule has 2 bridgehead atoms. The van der Waals surface area contributed by atoms with Crippen molar-refractivity contribution >= 4 is 92.8 Å². The number of fused-ring (bicyclic) bond motifs is 2. The van der Waals surface area contributed by atoms with E-state index in [0.29, 0.717) is 0 Å². The third-order valence-electron chi connectivity index (χ3n) is 4.52. The van der Waals surface area contributed by atoms with Crippen molar-refractivity contribution in [3.05, 3.63) is 0 Å². The molecule has 0 spiro atoms. The van der Waals surface area contributed by atoms with Gasteiger partial charge in [-0.25, -0.2) is 0 Å². The van der Waals surface area contributed by atoms with Gasteiger partial charge in [-0.15, -0.1) is 92.8 Å².